The second kappa shape index (κ2) is 7.37. The Hall–Kier alpha value is -2.54. The molecule has 3 heterocycles. The van der Waals surface area contributed by atoms with Crippen LogP contribution in [0.2, 0.25) is 0 Å². The fourth-order valence-electron chi connectivity index (χ4n) is 4.56. The van der Waals surface area contributed by atoms with Gasteiger partial charge in [-0.05, 0) is 60.9 Å². The van der Waals surface area contributed by atoms with Crippen LogP contribution in [0.3, 0.4) is 0 Å². The lowest BCUT2D eigenvalue weighted by molar-refractivity contribution is -0.129. The third kappa shape index (κ3) is 3.37. The summed E-state index contributed by atoms with van der Waals surface area (Å²) in [6, 6.07) is 4.85. The number of aromatic nitrogens is 2. The molecule has 1 atom stereocenters. The molecule has 1 aromatic carbocycles. The van der Waals surface area contributed by atoms with E-state index in [0.717, 1.165) is 46.4 Å². The fraction of sp³-hybridized carbons (Fsp3) is 0.409. The van der Waals surface area contributed by atoms with Crippen molar-refractivity contribution in [2.24, 2.45) is 0 Å². The highest BCUT2D eigenvalue weighted by molar-refractivity contribution is 7.19. The molecule has 1 aliphatic heterocycles. The van der Waals surface area contributed by atoms with E-state index in [1.54, 1.807) is 35.6 Å². The van der Waals surface area contributed by atoms with E-state index >= 15 is 0 Å². The summed E-state index contributed by atoms with van der Waals surface area (Å²) in [6.07, 6.45) is 6.99. The maximum Gasteiger partial charge on any atom is 0.219 e. The van der Waals surface area contributed by atoms with Crippen molar-refractivity contribution in [1.29, 1.82) is 0 Å². The van der Waals surface area contributed by atoms with Gasteiger partial charge in [-0.25, -0.2) is 14.4 Å². The van der Waals surface area contributed by atoms with E-state index in [1.165, 1.54) is 29.3 Å². The van der Waals surface area contributed by atoms with Crippen molar-refractivity contribution >= 4 is 33.3 Å². The van der Waals surface area contributed by atoms with Crippen LogP contribution >= 0.6 is 11.3 Å². The summed E-state index contributed by atoms with van der Waals surface area (Å²) in [6.45, 7) is 2.63. The van der Waals surface area contributed by atoms with Gasteiger partial charge in [0.05, 0.1) is 11.4 Å². The molecule has 1 aliphatic carbocycles. The van der Waals surface area contributed by atoms with E-state index in [4.69, 9.17) is 0 Å². The summed E-state index contributed by atoms with van der Waals surface area (Å²) in [5.41, 5.74) is 3.27. The van der Waals surface area contributed by atoms with Crippen molar-refractivity contribution in [3.05, 3.63) is 51.9 Å². The minimum absolute atomic E-state index is 0.0113. The zero-order chi connectivity index (χ0) is 20.0. The average molecular weight is 411 g/mol. The van der Waals surface area contributed by atoms with E-state index in [1.807, 2.05) is 6.07 Å². The molecule has 0 radical (unpaired) electrons. The van der Waals surface area contributed by atoms with E-state index in [0.29, 0.717) is 13.1 Å². The van der Waals surface area contributed by atoms with E-state index < -0.39 is 0 Å². The van der Waals surface area contributed by atoms with Gasteiger partial charge in [0.1, 0.15) is 22.8 Å². The first-order valence-corrected chi connectivity index (χ1v) is 11.0. The van der Waals surface area contributed by atoms with Crippen LogP contribution in [-0.2, 0) is 24.2 Å². The lowest BCUT2D eigenvalue weighted by Gasteiger charge is -2.21. The van der Waals surface area contributed by atoms with Crippen LogP contribution in [0, 0.1) is 5.82 Å². The summed E-state index contributed by atoms with van der Waals surface area (Å²) in [5, 5.41) is 4.77. The number of nitrogens with one attached hydrogen (secondary N) is 1. The number of rotatable bonds is 2. The maximum absolute atomic E-state index is 13.9. The molecule has 1 amide bonds. The summed E-state index contributed by atoms with van der Waals surface area (Å²) in [5.74, 6) is 0.590. The minimum Gasteiger partial charge on any atom is -0.363 e. The third-order valence-electron chi connectivity index (χ3n) is 6.04. The monoisotopic (exact) mass is 410 g/mol. The molecule has 2 aromatic heterocycles. The molecule has 3 aromatic rings. The zero-order valence-corrected chi connectivity index (χ0v) is 17.2. The number of hydrogen-bond donors (Lipinski definition) is 1. The molecule has 0 saturated heterocycles. The average Bonchev–Trinajstić information content (AvgIpc) is 3.00. The van der Waals surface area contributed by atoms with Crippen molar-refractivity contribution in [3.8, 4) is 0 Å². The predicted molar refractivity (Wildman–Crippen MR) is 113 cm³/mol. The molecule has 29 heavy (non-hydrogen) atoms. The van der Waals surface area contributed by atoms with Gasteiger partial charge in [-0.3, -0.25) is 4.79 Å². The van der Waals surface area contributed by atoms with Gasteiger partial charge in [0.25, 0.3) is 0 Å². The summed E-state index contributed by atoms with van der Waals surface area (Å²) in [4.78, 5) is 25.4. The van der Waals surface area contributed by atoms with Crippen LogP contribution in [0.1, 0.15) is 53.8 Å². The SMILES string of the molecule is CC(=O)N1CCC(Nc2ncnc3sc4c(c23)CCCC4)c2ccc(F)cc2C1. The van der Waals surface area contributed by atoms with Gasteiger partial charge in [-0.1, -0.05) is 6.07 Å². The number of amides is 1. The Morgan fingerprint density at radius 2 is 2.14 bits per heavy atom. The molecule has 0 saturated carbocycles. The van der Waals surface area contributed by atoms with Gasteiger partial charge in [0, 0.05) is 24.9 Å². The normalized spacial score (nSPS) is 18.8. The Kier molecular flexibility index (Phi) is 4.70. The second-order valence-electron chi connectivity index (χ2n) is 7.88. The summed E-state index contributed by atoms with van der Waals surface area (Å²) in [7, 11) is 0. The number of carbonyl (C=O) groups excluding carboxylic acids is 1. The first-order chi connectivity index (χ1) is 14.1. The summed E-state index contributed by atoms with van der Waals surface area (Å²) < 4.78 is 13.9. The number of nitrogens with zero attached hydrogens (tertiary/aromatic N) is 3. The van der Waals surface area contributed by atoms with Gasteiger partial charge < -0.3 is 10.2 Å². The molecular weight excluding hydrogens is 387 g/mol. The molecule has 5 rings (SSSR count). The van der Waals surface area contributed by atoms with Crippen molar-refractivity contribution < 1.29 is 9.18 Å². The number of carbonyl (C=O) groups is 1. The predicted octanol–water partition coefficient (Wildman–Crippen LogP) is 4.61. The van der Waals surface area contributed by atoms with E-state index in [-0.39, 0.29) is 17.8 Å². The molecule has 5 nitrogen and oxygen atoms in total. The maximum atomic E-state index is 13.9. The number of fused-ring (bicyclic) bond motifs is 4. The molecule has 0 fully saturated rings. The Morgan fingerprint density at radius 3 is 3.00 bits per heavy atom. The molecule has 0 spiro atoms. The van der Waals surface area contributed by atoms with Crippen LogP contribution < -0.4 is 5.32 Å². The van der Waals surface area contributed by atoms with Gasteiger partial charge in [0.2, 0.25) is 5.91 Å². The molecule has 2 aliphatic rings. The Bertz CT molecular complexity index is 1100. The van der Waals surface area contributed by atoms with Gasteiger partial charge in [-0.15, -0.1) is 11.3 Å². The van der Waals surface area contributed by atoms with Gasteiger partial charge in [0.15, 0.2) is 0 Å². The Balaban J connectivity index is 1.55. The highest BCUT2D eigenvalue weighted by atomic mass is 32.1. The van der Waals surface area contributed by atoms with Crippen LogP contribution in [0.4, 0.5) is 10.2 Å². The molecule has 1 unspecified atom stereocenters. The fourth-order valence-corrected chi connectivity index (χ4v) is 5.79. The number of halogens is 1. The van der Waals surface area contributed by atoms with Gasteiger partial charge >= 0.3 is 0 Å². The third-order valence-corrected chi connectivity index (χ3v) is 7.24. The standard InChI is InChI=1S/C22H23FN4OS/c1-13(28)27-9-8-18(16-7-6-15(23)10-14(16)11-27)26-21-20-17-4-2-3-5-19(17)29-22(20)25-12-24-21/h6-7,10,12,18H,2-5,8-9,11H2,1H3,(H,24,25,26). The lowest BCUT2D eigenvalue weighted by Crippen LogP contribution is -2.28. The highest BCUT2D eigenvalue weighted by Crippen LogP contribution is 2.40. The minimum atomic E-state index is -0.274. The molecule has 1 N–H and O–H groups in total. The summed E-state index contributed by atoms with van der Waals surface area (Å²) >= 11 is 1.78. The largest absolute Gasteiger partial charge is 0.363 e. The van der Waals surface area contributed by atoms with Crippen molar-refractivity contribution in [3.63, 3.8) is 0 Å². The molecule has 150 valence electrons. The van der Waals surface area contributed by atoms with E-state index in [2.05, 4.69) is 15.3 Å². The van der Waals surface area contributed by atoms with Crippen LogP contribution in [-0.4, -0.2) is 27.3 Å². The Morgan fingerprint density at radius 1 is 1.28 bits per heavy atom. The zero-order valence-electron chi connectivity index (χ0n) is 16.4. The number of hydrogen-bond acceptors (Lipinski definition) is 5. The smallest absolute Gasteiger partial charge is 0.219 e. The highest BCUT2D eigenvalue weighted by Gasteiger charge is 2.26. The van der Waals surface area contributed by atoms with Gasteiger partial charge in [-0.2, -0.15) is 0 Å². The van der Waals surface area contributed by atoms with Crippen LogP contribution in [0.25, 0.3) is 10.2 Å². The molecule has 7 heteroatoms. The number of aryl methyl sites for hydroxylation is 2. The van der Waals surface area contributed by atoms with Crippen molar-refractivity contribution in [1.82, 2.24) is 14.9 Å². The topological polar surface area (TPSA) is 58.1 Å². The Labute approximate surface area is 173 Å². The van der Waals surface area contributed by atoms with Crippen molar-refractivity contribution in [2.45, 2.75) is 51.6 Å². The second-order valence-corrected chi connectivity index (χ2v) is 8.97. The lowest BCUT2D eigenvalue weighted by atomic mass is 9.96. The molecule has 0 bridgehead atoms. The van der Waals surface area contributed by atoms with Crippen molar-refractivity contribution in [2.75, 3.05) is 11.9 Å². The van der Waals surface area contributed by atoms with E-state index in [9.17, 15) is 9.18 Å². The first-order valence-electron chi connectivity index (χ1n) is 10.2. The number of benzene rings is 1. The van der Waals surface area contributed by atoms with Crippen LogP contribution in [0.15, 0.2) is 24.5 Å². The quantitative estimate of drug-likeness (QED) is 0.670. The molecular formula is C22H23FN4OS. The van der Waals surface area contributed by atoms with Crippen LogP contribution in [0.5, 0.6) is 0 Å². The number of thiophene rings is 1. The first kappa shape index (κ1) is 18.5. The number of anilines is 1.